The smallest absolute Gasteiger partial charge is 0.240 e. The number of benzene rings is 2. The first-order valence-electron chi connectivity index (χ1n) is 7.50. The van der Waals surface area contributed by atoms with Crippen molar-refractivity contribution in [3.63, 3.8) is 0 Å². The summed E-state index contributed by atoms with van der Waals surface area (Å²) in [6.07, 6.45) is 0.670. The van der Waals surface area contributed by atoms with E-state index < -0.39 is 0 Å². The first-order chi connectivity index (χ1) is 11.5. The van der Waals surface area contributed by atoms with Crippen molar-refractivity contribution in [1.29, 1.82) is 0 Å². The lowest BCUT2D eigenvalue weighted by Gasteiger charge is -2.21. The van der Waals surface area contributed by atoms with Crippen LogP contribution in [-0.2, 0) is 16.0 Å². The highest BCUT2D eigenvalue weighted by Gasteiger charge is 2.15. The summed E-state index contributed by atoms with van der Waals surface area (Å²) in [4.78, 5) is 25.3. The number of carbonyl (C=O) groups excluding carboxylic acids is 2. The minimum absolute atomic E-state index is 0.0504. The molecule has 1 N–H and O–H groups in total. The van der Waals surface area contributed by atoms with Crippen molar-refractivity contribution in [2.45, 2.75) is 13.3 Å². The molecule has 2 aromatic carbocycles. The zero-order valence-electron chi connectivity index (χ0n) is 13.3. The average molecular weight is 365 g/mol. The van der Waals surface area contributed by atoms with E-state index in [0.717, 1.165) is 5.56 Å². The quantitative estimate of drug-likeness (QED) is 0.849. The monoisotopic (exact) mass is 364 g/mol. The van der Waals surface area contributed by atoms with Gasteiger partial charge in [0, 0.05) is 29.2 Å². The molecule has 0 bridgehead atoms. The van der Waals surface area contributed by atoms with Crippen LogP contribution in [0.4, 0.5) is 5.69 Å². The summed E-state index contributed by atoms with van der Waals surface area (Å²) < 4.78 is 0. The number of hydrogen-bond donors (Lipinski definition) is 1. The number of nitrogens with zero attached hydrogens (tertiary/aromatic N) is 1. The molecule has 0 saturated heterocycles. The van der Waals surface area contributed by atoms with Gasteiger partial charge in [-0.2, -0.15) is 0 Å². The van der Waals surface area contributed by atoms with Crippen molar-refractivity contribution in [2.75, 3.05) is 18.0 Å². The first kappa shape index (κ1) is 18.3. The maximum Gasteiger partial charge on any atom is 0.240 e. The van der Waals surface area contributed by atoms with Crippen LogP contribution in [0.5, 0.6) is 0 Å². The molecule has 0 spiro atoms. The summed E-state index contributed by atoms with van der Waals surface area (Å²) in [5.41, 5.74) is 1.64. The van der Waals surface area contributed by atoms with E-state index >= 15 is 0 Å². The molecule has 0 aromatic heterocycles. The Hall–Kier alpha value is -2.04. The van der Waals surface area contributed by atoms with Crippen molar-refractivity contribution in [2.24, 2.45) is 0 Å². The molecule has 0 radical (unpaired) electrons. The first-order valence-corrected chi connectivity index (χ1v) is 8.26. The van der Waals surface area contributed by atoms with Gasteiger partial charge in [-0.15, -0.1) is 0 Å². The van der Waals surface area contributed by atoms with Crippen LogP contribution < -0.4 is 10.2 Å². The molecule has 6 heteroatoms. The van der Waals surface area contributed by atoms with Crippen LogP contribution in [0.3, 0.4) is 0 Å². The maximum atomic E-state index is 12.1. The highest BCUT2D eigenvalue weighted by Crippen LogP contribution is 2.19. The molecule has 0 heterocycles. The topological polar surface area (TPSA) is 49.4 Å². The van der Waals surface area contributed by atoms with Gasteiger partial charge in [-0.3, -0.25) is 9.59 Å². The molecule has 0 atom stereocenters. The van der Waals surface area contributed by atoms with Crippen LogP contribution in [0.1, 0.15) is 12.5 Å². The fourth-order valence-corrected chi connectivity index (χ4v) is 2.66. The molecule has 2 aromatic rings. The Kier molecular flexibility index (Phi) is 6.64. The summed E-state index contributed by atoms with van der Waals surface area (Å²) in [7, 11) is 0. The Labute approximate surface area is 151 Å². The lowest BCUT2D eigenvalue weighted by atomic mass is 10.1. The summed E-state index contributed by atoms with van der Waals surface area (Å²) >= 11 is 11.9. The van der Waals surface area contributed by atoms with E-state index in [0.29, 0.717) is 28.7 Å². The van der Waals surface area contributed by atoms with Crippen LogP contribution in [-0.4, -0.2) is 24.9 Å². The molecule has 0 saturated carbocycles. The molecule has 0 unspecified atom stereocenters. The minimum atomic E-state index is -0.229. The van der Waals surface area contributed by atoms with Gasteiger partial charge in [0.2, 0.25) is 11.8 Å². The molecule has 0 aliphatic carbocycles. The Morgan fingerprint density at radius 2 is 1.71 bits per heavy atom. The van der Waals surface area contributed by atoms with E-state index in [-0.39, 0.29) is 18.4 Å². The van der Waals surface area contributed by atoms with Gasteiger partial charge in [0.05, 0.1) is 0 Å². The largest absolute Gasteiger partial charge is 0.354 e. The predicted molar refractivity (Wildman–Crippen MR) is 97.6 cm³/mol. The zero-order valence-corrected chi connectivity index (χ0v) is 14.8. The molecular weight excluding hydrogens is 347 g/mol. The Morgan fingerprint density at radius 1 is 1.04 bits per heavy atom. The Morgan fingerprint density at radius 3 is 2.33 bits per heavy atom. The van der Waals surface area contributed by atoms with Crippen LogP contribution in [0, 0.1) is 0 Å². The third-order valence-corrected chi connectivity index (χ3v) is 3.90. The number of hydrogen-bond acceptors (Lipinski definition) is 2. The van der Waals surface area contributed by atoms with Crippen LogP contribution in [0.2, 0.25) is 10.0 Å². The molecule has 24 heavy (non-hydrogen) atoms. The highest BCUT2D eigenvalue weighted by molar-refractivity contribution is 6.31. The summed E-state index contributed by atoms with van der Waals surface area (Å²) in [5, 5.41) is 3.99. The number of halogens is 2. The molecular formula is C18H18Cl2N2O2. The van der Waals surface area contributed by atoms with Gasteiger partial charge in [0.1, 0.15) is 6.54 Å². The van der Waals surface area contributed by atoms with E-state index in [2.05, 4.69) is 5.32 Å². The molecule has 0 fully saturated rings. The molecule has 126 valence electrons. The third kappa shape index (κ3) is 5.55. The summed E-state index contributed by atoms with van der Waals surface area (Å²) in [6, 6.07) is 14.3. The molecule has 0 aliphatic rings. The lowest BCUT2D eigenvalue weighted by Crippen LogP contribution is -2.40. The second-order valence-corrected chi connectivity index (χ2v) is 6.19. The second kappa shape index (κ2) is 8.71. The van der Waals surface area contributed by atoms with Gasteiger partial charge in [0.25, 0.3) is 0 Å². The van der Waals surface area contributed by atoms with Gasteiger partial charge in [0.15, 0.2) is 0 Å². The normalized spacial score (nSPS) is 10.3. The minimum Gasteiger partial charge on any atom is -0.354 e. The van der Waals surface area contributed by atoms with Gasteiger partial charge in [-0.1, -0.05) is 41.4 Å². The average Bonchev–Trinajstić information content (AvgIpc) is 2.52. The van der Waals surface area contributed by atoms with Crippen LogP contribution in [0.15, 0.2) is 48.5 Å². The molecule has 2 amide bonds. The van der Waals surface area contributed by atoms with Gasteiger partial charge in [-0.25, -0.2) is 0 Å². The van der Waals surface area contributed by atoms with Crippen molar-refractivity contribution in [3.05, 3.63) is 64.1 Å². The SMILES string of the molecule is CC(=O)N(CC(=O)NCCc1cccc(Cl)c1)c1cccc(Cl)c1. The van der Waals surface area contributed by atoms with Crippen LogP contribution >= 0.6 is 23.2 Å². The number of nitrogens with one attached hydrogen (secondary N) is 1. The molecule has 4 nitrogen and oxygen atoms in total. The second-order valence-electron chi connectivity index (χ2n) is 5.31. The van der Waals surface area contributed by atoms with Gasteiger partial charge < -0.3 is 10.2 Å². The fourth-order valence-electron chi connectivity index (χ4n) is 2.27. The van der Waals surface area contributed by atoms with E-state index in [4.69, 9.17) is 23.2 Å². The lowest BCUT2D eigenvalue weighted by molar-refractivity contribution is -0.123. The number of carbonyl (C=O) groups is 2. The van der Waals surface area contributed by atoms with Gasteiger partial charge in [-0.05, 0) is 42.3 Å². The zero-order chi connectivity index (χ0) is 17.5. The Bertz CT molecular complexity index is 734. The Balaban J connectivity index is 1.90. The van der Waals surface area contributed by atoms with Crippen molar-refractivity contribution < 1.29 is 9.59 Å². The van der Waals surface area contributed by atoms with E-state index in [1.165, 1.54) is 11.8 Å². The van der Waals surface area contributed by atoms with E-state index in [1.807, 2.05) is 18.2 Å². The fraction of sp³-hybridized carbons (Fsp3) is 0.222. The van der Waals surface area contributed by atoms with Gasteiger partial charge >= 0.3 is 0 Å². The molecule has 0 aliphatic heterocycles. The number of rotatable bonds is 6. The predicted octanol–water partition coefficient (Wildman–Crippen LogP) is 3.71. The van der Waals surface area contributed by atoms with E-state index in [9.17, 15) is 9.59 Å². The standard InChI is InChI=1S/C18H18Cl2N2O2/c1-13(23)22(17-7-3-6-16(20)11-17)12-18(24)21-9-8-14-4-2-5-15(19)10-14/h2-7,10-11H,8-9,12H2,1H3,(H,21,24). The number of amides is 2. The van der Waals surface area contributed by atoms with Crippen LogP contribution in [0.25, 0.3) is 0 Å². The van der Waals surface area contributed by atoms with E-state index in [1.54, 1.807) is 30.3 Å². The highest BCUT2D eigenvalue weighted by atomic mass is 35.5. The molecule has 2 rings (SSSR count). The van der Waals surface area contributed by atoms with Crippen molar-refractivity contribution in [1.82, 2.24) is 5.32 Å². The summed E-state index contributed by atoms with van der Waals surface area (Å²) in [6.45, 7) is 1.84. The summed E-state index contributed by atoms with van der Waals surface area (Å²) in [5.74, 6) is -0.450. The van der Waals surface area contributed by atoms with Crippen molar-refractivity contribution >= 4 is 40.7 Å². The third-order valence-electron chi connectivity index (χ3n) is 3.43. The van der Waals surface area contributed by atoms with Crippen molar-refractivity contribution in [3.8, 4) is 0 Å². The maximum absolute atomic E-state index is 12.1. The number of anilines is 1.